The number of pyridine rings is 1. The molecule has 0 aliphatic rings. The van der Waals surface area contributed by atoms with Crippen LogP contribution in [0.25, 0.3) is 22.2 Å². The van der Waals surface area contributed by atoms with Crippen LogP contribution in [0, 0.1) is 0 Å². The zero-order valence-corrected chi connectivity index (χ0v) is 13.9. The second-order valence-corrected chi connectivity index (χ2v) is 6.07. The molecule has 0 aliphatic carbocycles. The molecule has 0 aliphatic heterocycles. The number of benzene rings is 2. The van der Waals surface area contributed by atoms with Crippen molar-refractivity contribution >= 4 is 38.5 Å². The number of para-hydroxylation sites is 1. The fraction of sp³-hybridized carbons (Fsp3) is 0.111. The minimum Gasteiger partial charge on any atom is -0.481 e. The van der Waals surface area contributed by atoms with Gasteiger partial charge in [0, 0.05) is 27.7 Å². The largest absolute Gasteiger partial charge is 0.481 e. The summed E-state index contributed by atoms with van der Waals surface area (Å²) in [6.45, 7) is 0.378. The Morgan fingerprint density at radius 1 is 1.13 bits per heavy atom. The van der Waals surface area contributed by atoms with Crippen LogP contribution in [0.3, 0.4) is 0 Å². The zero-order chi connectivity index (χ0) is 16.2. The highest BCUT2D eigenvalue weighted by molar-refractivity contribution is 9.10. The van der Waals surface area contributed by atoms with Gasteiger partial charge in [-0.25, -0.2) is 4.98 Å². The predicted octanol–water partition coefficient (Wildman–Crippen LogP) is 4.55. The van der Waals surface area contributed by atoms with Crippen LogP contribution in [0.1, 0.15) is 6.42 Å². The minimum absolute atomic E-state index is 0.0737. The Labute approximate surface area is 142 Å². The fourth-order valence-electron chi connectivity index (χ4n) is 2.39. The van der Waals surface area contributed by atoms with Crippen molar-refractivity contribution in [1.82, 2.24) is 4.98 Å². The van der Waals surface area contributed by atoms with Crippen molar-refractivity contribution in [2.75, 3.05) is 11.9 Å². The summed E-state index contributed by atoms with van der Waals surface area (Å²) < 4.78 is 1.02. The standard InChI is InChI=1S/C18H15BrN2O2/c19-13-7-5-12(6-8-13)16-11-17(20-10-9-18(22)23)14-3-1-2-4-15(14)21-16/h1-8,11H,9-10H2,(H,20,21)(H,22,23). The SMILES string of the molecule is O=C(O)CCNc1cc(-c2ccc(Br)cc2)nc2ccccc12. The molecular formula is C18H15BrN2O2. The second kappa shape index (κ2) is 6.79. The van der Waals surface area contributed by atoms with Crippen molar-refractivity contribution in [2.45, 2.75) is 6.42 Å². The van der Waals surface area contributed by atoms with Crippen LogP contribution in [-0.2, 0) is 4.79 Å². The van der Waals surface area contributed by atoms with E-state index in [4.69, 9.17) is 10.1 Å². The van der Waals surface area contributed by atoms with Gasteiger partial charge in [-0.15, -0.1) is 0 Å². The zero-order valence-electron chi connectivity index (χ0n) is 12.3. The molecule has 2 aromatic carbocycles. The Morgan fingerprint density at radius 3 is 2.61 bits per heavy atom. The fourth-order valence-corrected chi connectivity index (χ4v) is 2.66. The van der Waals surface area contributed by atoms with E-state index in [1.54, 1.807) is 0 Å². The number of aromatic nitrogens is 1. The van der Waals surface area contributed by atoms with E-state index in [-0.39, 0.29) is 6.42 Å². The number of fused-ring (bicyclic) bond motifs is 1. The molecule has 0 atom stereocenters. The third-order valence-corrected chi connectivity index (χ3v) is 4.04. The van der Waals surface area contributed by atoms with Gasteiger partial charge in [0.25, 0.3) is 0 Å². The van der Waals surface area contributed by atoms with Gasteiger partial charge in [-0.1, -0.05) is 46.3 Å². The highest BCUT2D eigenvalue weighted by atomic mass is 79.9. The number of carbonyl (C=O) groups is 1. The third kappa shape index (κ3) is 3.68. The molecule has 1 aromatic heterocycles. The van der Waals surface area contributed by atoms with Crippen molar-refractivity contribution in [1.29, 1.82) is 0 Å². The Balaban J connectivity index is 2.02. The predicted molar refractivity (Wildman–Crippen MR) is 95.6 cm³/mol. The number of carboxylic acid groups (broad SMARTS) is 1. The summed E-state index contributed by atoms with van der Waals surface area (Å²) in [5.41, 5.74) is 3.65. The average Bonchev–Trinajstić information content (AvgIpc) is 2.55. The van der Waals surface area contributed by atoms with Crippen LogP contribution in [0.5, 0.6) is 0 Å². The average molecular weight is 371 g/mol. The van der Waals surface area contributed by atoms with E-state index in [1.165, 1.54) is 0 Å². The van der Waals surface area contributed by atoms with Crippen molar-refractivity contribution < 1.29 is 9.90 Å². The number of hydrogen-bond donors (Lipinski definition) is 2. The molecule has 5 heteroatoms. The number of nitrogens with one attached hydrogen (secondary N) is 1. The lowest BCUT2D eigenvalue weighted by molar-refractivity contribution is -0.136. The molecule has 0 spiro atoms. The first kappa shape index (κ1) is 15.5. The molecule has 0 radical (unpaired) electrons. The van der Waals surface area contributed by atoms with Crippen molar-refractivity contribution in [3.8, 4) is 11.3 Å². The maximum atomic E-state index is 10.7. The van der Waals surface area contributed by atoms with Crippen LogP contribution in [-0.4, -0.2) is 22.6 Å². The first-order chi connectivity index (χ1) is 11.1. The van der Waals surface area contributed by atoms with Crippen molar-refractivity contribution in [3.05, 3.63) is 59.1 Å². The number of anilines is 1. The van der Waals surface area contributed by atoms with E-state index in [0.717, 1.165) is 32.3 Å². The van der Waals surface area contributed by atoms with Crippen LogP contribution >= 0.6 is 15.9 Å². The molecule has 3 aromatic rings. The molecule has 23 heavy (non-hydrogen) atoms. The summed E-state index contributed by atoms with van der Waals surface area (Å²) in [7, 11) is 0. The van der Waals surface area contributed by atoms with Crippen LogP contribution in [0.4, 0.5) is 5.69 Å². The quantitative estimate of drug-likeness (QED) is 0.691. The first-order valence-corrected chi connectivity index (χ1v) is 8.04. The summed E-state index contributed by atoms with van der Waals surface area (Å²) in [6.07, 6.45) is 0.0737. The van der Waals surface area contributed by atoms with Crippen LogP contribution in [0.15, 0.2) is 59.1 Å². The monoisotopic (exact) mass is 370 g/mol. The molecular weight excluding hydrogens is 356 g/mol. The topological polar surface area (TPSA) is 62.2 Å². The molecule has 1 heterocycles. The summed E-state index contributed by atoms with van der Waals surface area (Å²) >= 11 is 3.43. The van der Waals surface area contributed by atoms with Gasteiger partial charge in [0.1, 0.15) is 0 Å². The maximum absolute atomic E-state index is 10.7. The number of nitrogens with zero attached hydrogens (tertiary/aromatic N) is 1. The number of halogens is 1. The number of carboxylic acids is 1. The highest BCUT2D eigenvalue weighted by Gasteiger charge is 2.08. The molecule has 4 nitrogen and oxygen atoms in total. The molecule has 0 saturated carbocycles. The lowest BCUT2D eigenvalue weighted by atomic mass is 10.1. The van der Waals surface area contributed by atoms with E-state index in [9.17, 15) is 4.79 Å². The molecule has 2 N–H and O–H groups in total. The van der Waals surface area contributed by atoms with Gasteiger partial charge in [0.15, 0.2) is 0 Å². The Bertz CT molecular complexity index is 847. The van der Waals surface area contributed by atoms with Gasteiger partial charge in [0.2, 0.25) is 0 Å². The first-order valence-electron chi connectivity index (χ1n) is 7.25. The van der Waals surface area contributed by atoms with Gasteiger partial charge < -0.3 is 10.4 Å². The van der Waals surface area contributed by atoms with E-state index in [0.29, 0.717) is 6.54 Å². The lowest BCUT2D eigenvalue weighted by Crippen LogP contribution is -2.08. The number of aliphatic carboxylic acids is 1. The molecule has 0 unspecified atom stereocenters. The van der Waals surface area contributed by atoms with Gasteiger partial charge in [-0.3, -0.25) is 4.79 Å². The Morgan fingerprint density at radius 2 is 1.87 bits per heavy atom. The van der Waals surface area contributed by atoms with E-state index in [1.807, 2.05) is 54.6 Å². The Kier molecular flexibility index (Phi) is 4.57. The van der Waals surface area contributed by atoms with Crippen molar-refractivity contribution in [3.63, 3.8) is 0 Å². The number of hydrogen-bond acceptors (Lipinski definition) is 3. The van der Waals surface area contributed by atoms with E-state index in [2.05, 4.69) is 21.2 Å². The van der Waals surface area contributed by atoms with Gasteiger partial charge in [-0.05, 0) is 24.3 Å². The maximum Gasteiger partial charge on any atom is 0.305 e. The van der Waals surface area contributed by atoms with Crippen LogP contribution < -0.4 is 5.32 Å². The van der Waals surface area contributed by atoms with Gasteiger partial charge in [-0.2, -0.15) is 0 Å². The highest BCUT2D eigenvalue weighted by Crippen LogP contribution is 2.29. The second-order valence-electron chi connectivity index (χ2n) is 5.15. The molecule has 0 saturated heterocycles. The molecule has 0 bridgehead atoms. The van der Waals surface area contributed by atoms with Gasteiger partial charge >= 0.3 is 5.97 Å². The Hall–Kier alpha value is -2.40. The van der Waals surface area contributed by atoms with E-state index >= 15 is 0 Å². The summed E-state index contributed by atoms with van der Waals surface area (Å²) in [4.78, 5) is 15.4. The normalized spacial score (nSPS) is 10.7. The molecule has 116 valence electrons. The molecule has 0 amide bonds. The lowest BCUT2D eigenvalue weighted by Gasteiger charge is -2.11. The van der Waals surface area contributed by atoms with Crippen molar-refractivity contribution in [2.24, 2.45) is 0 Å². The smallest absolute Gasteiger partial charge is 0.305 e. The summed E-state index contributed by atoms with van der Waals surface area (Å²) in [5.74, 6) is -0.816. The summed E-state index contributed by atoms with van der Waals surface area (Å²) in [5, 5.41) is 13.0. The third-order valence-electron chi connectivity index (χ3n) is 3.51. The van der Waals surface area contributed by atoms with E-state index < -0.39 is 5.97 Å². The molecule has 3 rings (SSSR count). The van der Waals surface area contributed by atoms with Crippen LogP contribution in [0.2, 0.25) is 0 Å². The summed E-state index contributed by atoms with van der Waals surface area (Å²) in [6, 6.07) is 17.8. The van der Waals surface area contributed by atoms with Gasteiger partial charge in [0.05, 0.1) is 17.6 Å². The number of rotatable bonds is 5. The molecule has 0 fully saturated rings. The minimum atomic E-state index is -0.816.